The van der Waals surface area contributed by atoms with Gasteiger partial charge in [0.1, 0.15) is 11.5 Å². The van der Waals surface area contributed by atoms with Crippen LogP contribution in [0.3, 0.4) is 0 Å². The Kier molecular flexibility index (Phi) is 4.28. The zero-order chi connectivity index (χ0) is 12.2. The lowest BCUT2D eigenvalue weighted by atomic mass is 10.1. The summed E-state index contributed by atoms with van der Waals surface area (Å²) in [4.78, 5) is 0. The van der Waals surface area contributed by atoms with Crippen LogP contribution in [0.5, 0.6) is 5.75 Å². The van der Waals surface area contributed by atoms with Gasteiger partial charge in [0.15, 0.2) is 0 Å². The Morgan fingerprint density at radius 2 is 2.12 bits per heavy atom. The molecule has 6 heteroatoms. The first-order valence-electron chi connectivity index (χ1n) is 4.78. The first-order chi connectivity index (χ1) is 7.42. The number of aliphatic hydroxyl groups excluding tert-OH is 1. The van der Waals surface area contributed by atoms with Gasteiger partial charge in [0.2, 0.25) is 0 Å². The SMILES string of the molecule is CCOc1cccc(C(O)CS(=O)(=O)O)c1. The van der Waals surface area contributed by atoms with Gasteiger partial charge in [0, 0.05) is 0 Å². The standard InChI is InChI=1S/C10H14O5S/c1-2-15-9-5-3-4-8(6-9)10(11)7-16(12,13)14/h3-6,10-11H,2,7H2,1H3,(H,12,13,14). The number of hydrogen-bond acceptors (Lipinski definition) is 4. The molecule has 0 saturated carbocycles. The smallest absolute Gasteiger partial charge is 0.267 e. The largest absolute Gasteiger partial charge is 0.494 e. The second-order valence-corrected chi connectivity index (χ2v) is 4.77. The molecule has 0 heterocycles. The molecule has 0 fully saturated rings. The van der Waals surface area contributed by atoms with Crippen molar-refractivity contribution < 1.29 is 22.8 Å². The van der Waals surface area contributed by atoms with Crippen LogP contribution in [-0.2, 0) is 10.1 Å². The Morgan fingerprint density at radius 3 is 2.69 bits per heavy atom. The molecule has 0 bridgehead atoms. The minimum Gasteiger partial charge on any atom is -0.494 e. The molecule has 1 unspecified atom stereocenters. The molecule has 0 aromatic heterocycles. The van der Waals surface area contributed by atoms with Gasteiger partial charge in [-0.1, -0.05) is 12.1 Å². The maximum atomic E-state index is 10.6. The normalized spacial score (nSPS) is 13.4. The van der Waals surface area contributed by atoms with Crippen LogP contribution < -0.4 is 4.74 Å². The van der Waals surface area contributed by atoms with Crippen LogP contribution in [0.15, 0.2) is 24.3 Å². The molecule has 0 spiro atoms. The Hall–Kier alpha value is -1.11. The van der Waals surface area contributed by atoms with Gasteiger partial charge in [-0.25, -0.2) is 0 Å². The summed E-state index contributed by atoms with van der Waals surface area (Å²) < 4.78 is 35.0. The van der Waals surface area contributed by atoms with Crippen LogP contribution in [0.2, 0.25) is 0 Å². The maximum Gasteiger partial charge on any atom is 0.267 e. The van der Waals surface area contributed by atoms with E-state index in [9.17, 15) is 13.5 Å². The first-order valence-corrected chi connectivity index (χ1v) is 6.39. The summed E-state index contributed by atoms with van der Waals surface area (Å²) in [6, 6.07) is 6.46. The van der Waals surface area contributed by atoms with Crippen molar-refractivity contribution in [1.82, 2.24) is 0 Å². The molecule has 0 amide bonds. The number of aliphatic hydroxyl groups is 1. The fourth-order valence-corrected chi connectivity index (χ4v) is 1.87. The highest BCUT2D eigenvalue weighted by molar-refractivity contribution is 7.85. The van der Waals surface area contributed by atoms with Crippen LogP contribution in [-0.4, -0.2) is 30.4 Å². The third-order valence-electron chi connectivity index (χ3n) is 1.92. The molecule has 1 rings (SSSR count). The molecule has 2 N–H and O–H groups in total. The molecular weight excluding hydrogens is 232 g/mol. The van der Waals surface area contributed by atoms with Crippen molar-refractivity contribution in [2.75, 3.05) is 12.4 Å². The Labute approximate surface area is 94.4 Å². The molecule has 0 aliphatic rings. The number of hydrogen-bond donors (Lipinski definition) is 2. The van der Waals surface area contributed by atoms with E-state index in [0.29, 0.717) is 17.9 Å². The lowest BCUT2D eigenvalue weighted by Crippen LogP contribution is -2.13. The average molecular weight is 246 g/mol. The fraction of sp³-hybridized carbons (Fsp3) is 0.400. The topological polar surface area (TPSA) is 83.8 Å². The second kappa shape index (κ2) is 5.29. The van der Waals surface area contributed by atoms with Crippen LogP contribution in [0, 0.1) is 0 Å². The van der Waals surface area contributed by atoms with Crippen LogP contribution >= 0.6 is 0 Å². The lowest BCUT2D eigenvalue weighted by molar-refractivity contribution is 0.198. The van der Waals surface area contributed by atoms with E-state index in [4.69, 9.17) is 9.29 Å². The molecule has 1 aromatic carbocycles. The van der Waals surface area contributed by atoms with Gasteiger partial charge < -0.3 is 9.84 Å². The van der Waals surface area contributed by atoms with E-state index in [2.05, 4.69) is 0 Å². The van der Waals surface area contributed by atoms with E-state index < -0.39 is 22.0 Å². The van der Waals surface area contributed by atoms with E-state index in [1.165, 1.54) is 0 Å². The van der Waals surface area contributed by atoms with E-state index >= 15 is 0 Å². The monoisotopic (exact) mass is 246 g/mol. The molecule has 0 aliphatic heterocycles. The number of benzene rings is 1. The summed E-state index contributed by atoms with van der Waals surface area (Å²) in [5.74, 6) is -0.169. The van der Waals surface area contributed by atoms with E-state index in [0.717, 1.165) is 0 Å². The summed E-state index contributed by atoms with van der Waals surface area (Å²) in [5.41, 5.74) is 0.392. The quantitative estimate of drug-likeness (QED) is 0.757. The molecule has 16 heavy (non-hydrogen) atoms. The van der Waals surface area contributed by atoms with E-state index in [1.807, 2.05) is 6.92 Å². The van der Waals surface area contributed by atoms with E-state index in [-0.39, 0.29) is 0 Å². The van der Waals surface area contributed by atoms with Gasteiger partial charge >= 0.3 is 0 Å². The molecule has 90 valence electrons. The van der Waals surface area contributed by atoms with Gasteiger partial charge in [-0.15, -0.1) is 0 Å². The summed E-state index contributed by atoms with van der Waals surface area (Å²) >= 11 is 0. The molecule has 1 aromatic rings. The lowest BCUT2D eigenvalue weighted by Gasteiger charge is -2.10. The maximum absolute atomic E-state index is 10.6. The number of rotatable bonds is 5. The highest BCUT2D eigenvalue weighted by Gasteiger charge is 2.16. The van der Waals surface area contributed by atoms with Crippen molar-refractivity contribution in [3.63, 3.8) is 0 Å². The zero-order valence-corrected chi connectivity index (χ0v) is 9.64. The Bertz CT molecular complexity index is 440. The van der Waals surface area contributed by atoms with Gasteiger partial charge in [-0.3, -0.25) is 4.55 Å². The predicted molar refractivity (Wildman–Crippen MR) is 59.0 cm³/mol. The Morgan fingerprint density at radius 1 is 1.44 bits per heavy atom. The fourth-order valence-electron chi connectivity index (χ4n) is 1.27. The van der Waals surface area contributed by atoms with Gasteiger partial charge in [-0.05, 0) is 24.6 Å². The third-order valence-corrected chi connectivity index (χ3v) is 2.66. The molecule has 5 nitrogen and oxygen atoms in total. The minimum atomic E-state index is -4.19. The molecular formula is C10H14O5S. The Balaban J connectivity index is 2.83. The summed E-state index contributed by atoms with van der Waals surface area (Å²) in [6.45, 7) is 2.30. The van der Waals surface area contributed by atoms with Crippen LogP contribution in [0.25, 0.3) is 0 Å². The minimum absolute atomic E-state index is 0.392. The van der Waals surface area contributed by atoms with Gasteiger partial charge in [0.25, 0.3) is 10.1 Å². The highest BCUT2D eigenvalue weighted by atomic mass is 32.2. The summed E-state index contributed by atoms with van der Waals surface area (Å²) in [5, 5.41) is 9.55. The van der Waals surface area contributed by atoms with Gasteiger partial charge in [0.05, 0.1) is 12.7 Å². The molecule has 1 atom stereocenters. The highest BCUT2D eigenvalue weighted by Crippen LogP contribution is 2.20. The van der Waals surface area contributed by atoms with Crippen molar-refractivity contribution in [2.24, 2.45) is 0 Å². The van der Waals surface area contributed by atoms with E-state index in [1.54, 1.807) is 24.3 Å². The summed E-state index contributed by atoms with van der Waals surface area (Å²) in [6.07, 6.45) is -1.25. The zero-order valence-electron chi connectivity index (χ0n) is 8.83. The third kappa shape index (κ3) is 4.18. The number of ether oxygens (including phenoxy) is 1. The van der Waals surface area contributed by atoms with Crippen molar-refractivity contribution in [1.29, 1.82) is 0 Å². The average Bonchev–Trinajstić information content (AvgIpc) is 2.16. The molecule has 0 radical (unpaired) electrons. The van der Waals surface area contributed by atoms with Crippen molar-refractivity contribution in [3.05, 3.63) is 29.8 Å². The van der Waals surface area contributed by atoms with Gasteiger partial charge in [-0.2, -0.15) is 8.42 Å². The summed E-state index contributed by atoms with van der Waals surface area (Å²) in [7, 11) is -4.19. The van der Waals surface area contributed by atoms with Crippen molar-refractivity contribution >= 4 is 10.1 Å². The molecule has 0 saturated heterocycles. The van der Waals surface area contributed by atoms with Crippen LogP contribution in [0.1, 0.15) is 18.6 Å². The van der Waals surface area contributed by atoms with Crippen LogP contribution in [0.4, 0.5) is 0 Å². The predicted octanol–water partition coefficient (Wildman–Crippen LogP) is 1.01. The second-order valence-electron chi connectivity index (χ2n) is 3.27. The van der Waals surface area contributed by atoms with Crippen molar-refractivity contribution in [2.45, 2.75) is 13.0 Å². The first kappa shape index (κ1) is 13.0. The van der Waals surface area contributed by atoms with Crippen molar-refractivity contribution in [3.8, 4) is 5.75 Å². The molecule has 0 aliphatic carbocycles.